The molecule has 0 aromatic heterocycles. The molecule has 2 heterocycles. The zero-order chi connectivity index (χ0) is 21.9. The fourth-order valence-electron chi connectivity index (χ4n) is 4.16. The van der Waals surface area contributed by atoms with E-state index in [9.17, 15) is 8.78 Å². The largest absolute Gasteiger partial charge is 0.381 e. The highest BCUT2D eigenvalue weighted by Crippen LogP contribution is 2.18. The fraction of sp³-hybridized carbons (Fsp3) is 0.696. The third-order valence-corrected chi connectivity index (χ3v) is 5.97. The molecule has 1 aromatic rings. The summed E-state index contributed by atoms with van der Waals surface area (Å²) in [6.45, 7) is 5.88. The lowest BCUT2D eigenvalue weighted by Gasteiger charge is -2.34. The molecule has 1 unspecified atom stereocenters. The van der Waals surface area contributed by atoms with Crippen LogP contribution in [0.1, 0.15) is 37.7 Å². The third-order valence-electron chi connectivity index (χ3n) is 5.97. The van der Waals surface area contributed by atoms with Crippen LogP contribution in [0, 0.1) is 17.6 Å². The van der Waals surface area contributed by atoms with Crippen molar-refractivity contribution < 1.29 is 18.3 Å². The molecule has 3 rings (SSSR count). The summed E-state index contributed by atoms with van der Waals surface area (Å²) in [6.07, 6.45) is 5.08. The average molecular weight is 439 g/mol. The van der Waals surface area contributed by atoms with Gasteiger partial charge in [0.05, 0.1) is 0 Å². The Bertz CT molecular complexity index is 678. The summed E-state index contributed by atoms with van der Waals surface area (Å²) < 4.78 is 39.1. The topological polar surface area (TPSA) is 58.1 Å². The number of guanidine groups is 1. The summed E-state index contributed by atoms with van der Waals surface area (Å²) in [5.74, 6) is 0.426. The van der Waals surface area contributed by atoms with Crippen molar-refractivity contribution in [2.75, 3.05) is 53.1 Å². The second kappa shape index (κ2) is 12.9. The summed E-state index contributed by atoms with van der Waals surface area (Å²) in [5.41, 5.74) is 0.145. The Balaban J connectivity index is 1.34. The van der Waals surface area contributed by atoms with Gasteiger partial charge in [-0.1, -0.05) is 6.07 Å². The van der Waals surface area contributed by atoms with E-state index in [-0.39, 0.29) is 18.2 Å². The van der Waals surface area contributed by atoms with Gasteiger partial charge in [-0.2, -0.15) is 0 Å². The van der Waals surface area contributed by atoms with Gasteiger partial charge < -0.3 is 20.1 Å². The van der Waals surface area contributed by atoms with Gasteiger partial charge in [-0.3, -0.25) is 9.89 Å². The van der Waals surface area contributed by atoms with Gasteiger partial charge in [0.2, 0.25) is 0 Å². The van der Waals surface area contributed by atoms with Crippen LogP contribution < -0.4 is 10.6 Å². The molecule has 174 valence electrons. The molecule has 0 amide bonds. The van der Waals surface area contributed by atoms with Crippen molar-refractivity contribution in [1.29, 1.82) is 0 Å². The molecule has 2 saturated heterocycles. The van der Waals surface area contributed by atoms with Crippen molar-refractivity contribution >= 4 is 5.96 Å². The molecule has 0 spiro atoms. The first-order chi connectivity index (χ1) is 15.2. The van der Waals surface area contributed by atoms with E-state index in [1.165, 1.54) is 18.2 Å². The van der Waals surface area contributed by atoms with Crippen molar-refractivity contribution in [1.82, 2.24) is 15.5 Å². The van der Waals surface area contributed by atoms with Crippen molar-refractivity contribution in [2.24, 2.45) is 10.9 Å². The van der Waals surface area contributed by atoms with E-state index in [2.05, 4.69) is 20.5 Å². The lowest BCUT2D eigenvalue weighted by molar-refractivity contribution is 0.0203. The predicted molar refractivity (Wildman–Crippen MR) is 118 cm³/mol. The van der Waals surface area contributed by atoms with Crippen LogP contribution in [0.5, 0.6) is 0 Å². The van der Waals surface area contributed by atoms with Crippen LogP contribution in [0.25, 0.3) is 0 Å². The number of benzene rings is 1. The van der Waals surface area contributed by atoms with Crippen LogP contribution in [0.2, 0.25) is 0 Å². The number of halogens is 2. The molecule has 2 aliphatic rings. The molecule has 1 aromatic carbocycles. The number of aliphatic imine (C=N–C) groups is 1. The van der Waals surface area contributed by atoms with E-state index in [1.54, 1.807) is 7.05 Å². The van der Waals surface area contributed by atoms with Crippen LogP contribution in [-0.2, 0) is 16.0 Å². The number of rotatable bonds is 9. The van der Waals surface area contributed by atoms with E-state index in [0.717, 1.165) is 84.1 Å². The minimum atomic E-state index is -0.480. The molecule has 31 heavy (non-hydrogen) atoms. The minimum absolute atomic E-state index is 0.145. The highest BCUT2D eigenvalue weighted by atomic mass is 19.1. The molecular weight excluding hydrogens is 402 g/mol. The van der Waals surface area contributed by atoms with Gasteiger partial charge in [0, 0.05) is 64.7 Å². The molecule has 2 aliphatic heterocycles. The average Bonchev–Trinajstić information content (AvgIpc) is 2.79. The van der Waals surface area contributed by atoms with Crippen LogP contribution in [-0.4, -0.2) is 70.0 Å². The molecule has 2 N–H and O–H groups in total. The Morgan fingerprint density at radius 3 is 2.74 bits per heavy atom. The number of nitrogens with zero attached hydrogens (tertiary/aromatic N) is 2. The Morgan fingerprint density at radius 2 is 2.00 bits per heavy atom. The van der Waals surface area contributed by atoms with Crippen LogP contribution in [0.4, 0.5) is 8.78 Å². The van der Waals surface area contributed by atoms with E-state index in [4.69, 9.17) is 9.47 Å². The van der Waals surface area contributed by atoms with Gasteiger partial charge in [0.25, 0.3) is 0 Å². The molecule has 8 heteroatoms. The van der Waals surface area contributed by atoms with Gasteiger partial charge in [-0.05, 0) is 56.7 Å². The molecule has 6 nitrogen and oxygen atoms in total. The zero-order valence-electron chi connectivity index (χ0n) is 18.5. The van der Waals surface area contributed by atoms with Crippen LogP contribution >= 0.6 is 0 Å². The van der Waals surface area contributed by atoms with Gasteiger partial charge in [0.1, 0.15) is 11.6 Å². The first-order valence-corrected chi connectivity index (χ1v) is 11.4. The maximum absolute atomic E-state index is 14.0. The highest BCUT2D eigenvalue weighted by Gasteiger charge is 2.22. The summed E-state index contributed by atoms with van der Waals surface area (Å²) in [7, 11) is 1.76. The number of ether oxygens (including phenoxy) is 2. The van der Waals surface area contributed by atoms with Gasteiger partial charge in [-0.15, -0.1) is 0 Å². The lowest BCUT2D eigenvalue weighted by Crippen LogP contribution is -2.51. The quantitative estimate of drug-likeness (QED) is 0.353. The molecule has 0 saturated carbocycles. The highest BCUT2D eigenvalue weighted by molar-refractivity contribution is 5.79. The second-order valence-electron chi connectivity index (χ2n) is 8.40. The standard InChI is InChI=1S/C23H36F2N4O2/c1-26-23(27-10-4-12-31-17-18-8-13-30-14-9-18)28-19-5-3-11-29(15-19)16-20-21(24)6-2-7-22(20)25/h2,6-7,18-19H,3-5,8-17H2,1H3,(H2,26,27,28). The Hall–Kier alpha value is -1.77. The molecule has 1 atom stereocenters. The van der Waals surface area contributed by atoms with E-state index in [0.29, 0.717) is 5.92 Å². The Kier molecular flexibility index (Phi) is 9.96. The Labute approximate surface area is 184 Å². The summed E-state index contributed by atoms with van der Waals surface area (Å²) in [6, 6.07) is 4.23. The predicted octanol–water partition coefficient (Wildman–Crippen LogP) is 2.93. The number of hydrogen-bond donors (Lipinski definition) is 2. The number of piperidine rings is 1. The van der Waals surface area contributed by atoms with Gasteiger partial charge in [0.15, 0.2) is 5.96 Å². The third kappa shape index (κ3) is 8.01. The van der Waals surface area contributed by atoms with E-state index >= 15 is 0 Å². The summed E-state index contributed by atoms with van der Waals surface area (Å²) in [4.78, 5) is 6.41. The van der Waals surface area contributed by atoms with Crippen LogP contribution in [0.15, 0.2) is 23.2 Å². The maximum Gasteiger partial charge on any atom is 0.191 e. The fourth-order valence-corrected chi connectivity index (χ4v) is 4.16. The van der Waals surface area contributed by atoms with Crippen molar-refractivity contribution in [2.45, 2.75) is 44.7 Å². The van der Waals surface area contributed by atoms with Crippen LogP contribution in [0.3, 0.4) is 0 Å². The molecule has 0 radical (unpaired) electrons. The normalized spacial score (nSPS) is 21.3. The van der Waals surface area contributed by atoms with Gasteiger partial charge in [-0.25, -0.2) is 8.78 Å². The summed E-state index contributed by atoms with van der Waals surface area (Å²) >= 11 is 0. The lowest BCUT2D eigenvalue weighted by atomic mass is 10.0. The molecular formula is C23H36F2N4O2. The Morgan fingerprint density at radius 1 is 1.23 bits per heavy atom. The van der Waals surface area contributed by atoms with E-state index < -0.39 is 11.6 Å². The van der Waals surface area contributed by atoms with E-state index in [1.807, 2.05) is 0 Å². The molecule has 2 fully saturated rings. The second-order valence-corrected chi connectivity index (χ2v) is 8.40. The van der Waals surface area contributed by atoms with Gasteiger partial charge >= 0.3 is 0 Å². The SMILES string of the molecule is CN=C(NCCCOCC1CCOCC1)NC1CCCN(Cc2c(F)cccc2F)C1. The zero-order valence-corrected chi connectivity index (χ0v) is 18.5. The van der Waals surface area contributed by atoms with Crippen molar-refractivity contribution in [3.63, 3.8) is 0 Å². The smallest absolute Gasteiger partial charge is 0.191 e. The number of hydrogen-bond acceptors (Lipinski definition) is 4. The first kappa shape index (κ1) is 23.9. The number of nitrogens with one attached hydrogen (secondary N) is 2. The number of likely N-dealkylation sites (tertiary alicyclic amines) is 1. The minimum Gasteiger partial charge on any atom is -0.381 e. The molecule has 0 bridgehead atoms. The molecule has 0 aliphatic carbocycles. The van der Waals surface area contributed by atoms with Crippen molar-refractivity contribution in [3.8, 4) is 0 Å². The van der Waals surface area contributed by atoms with Crippen molar-refractivity contribution in [3.05, 3.63) is 35.4 Å². The maximum atomic E-state index is 14.0. The summed E-state index contributed by atoms with van der Waals surface area (Å²) in [5, 5.41) is 6.79. The first-order valence-electron chi connectivity index (χ1n) is 11.4. The monoisotopic (exact) mass is 438 g/mol.